The van der Waals surface area contributed by atoms with E-state index in [4.69, 9.17) is 4.74 Å². The molecule has 1 aromatic carbocycles. The van der Waals surface area contributed by atoms with Crippen molar-refractivity contribution in [3.8, 4) is 0 Å². The summed E-state index contributed by atoms with van der Waals surface area (Å²) in [5.74, 6) is 0.172. The van der Waals surface area contributed by atoms with Crippen molar-refractivity contribution < 1.29 is 9.53 Å². The van der Waals surface area contributed by atoms with E-state index in [-0.39, 0.29) is 24.4 Å². The fraction of sp³-hybridized carbons (Fsp3) is 0.588. The summed E-state index contributed by atoms with van der Waals surface area (Å²) in [7, 11) is 0. The van der Waals surface area contributed by atoms with Gasteiger partial charge in [0, 0.05) is 25.8 Å². The first kappa shape index (κ1) is 17.3. The normalized spacial score (nSPS) is 24.1. The molecular formula is C17H25ClN2O2. The van der Waals surface area contributed by atoms with E-state index in [1.54, 1.807) is 0 Å². The molecule has 3 rings (SSSR count). The highest BCUT2D eigenvalue weighted by molar-refractivity contribution is 5.88. The zero-order valence-electron chi connectivity index (χ0n) is 12.8. The first-order valence-corrected chi connectivity index (χ1v) is 7.96. The molecule has 5 heteroatoms. The average Bonchev–Trinajstić information content (AvgIpc) is 2.57. The molecular weight excluding hydrogens is 300 g/mol. The maximum Gasteiger partial charge on any atom is 0.231 e. The summed E-state index contributed by atoms with van der Waals surface area (Å²) in [6.45, 7) is 3.26. The summed E-state index contributed by atoms with van der Waals surface area (Å²) < 4.78 is 5.49. The van der Waals surface area contributed by atoms with Crippen LogP contribution in [0.1, 0.15) is 31.2 Å². The van der Waals surface area contributed by atoms with Crippen LogP contribution in [0, 0.1) is 0 Å². The average molecular weight is 325 g/mol. The molecule has 2 fully saturated rings. The topological polar surface area (TPSA) is 50.4 Å². The number of carbonyl (C=O) groups is 1. The van der Waals surface area contributed by atoms with Gasteiger partial charge in [-0.2, -0.15) is 0 Å². The van der Waals surface area contributed by atoms with Gasteiger partial charge in [-0.05, 0) is 37.8 Å². The van der Waals surface area contributed by atoms with Crippen LogP contribution < -0.4 is 10.6 Å². The lowest BCUT2D eigenvalue weighted by Gasteiger charge is -2.38. The van der Waals surface area contributed by atoms with Crippen molar-refractivity contribution >= 4 is 18.3 Å². The van der Waals surface area contributed by atoms with Crippen molar-refractivity contribution in [2.45, 2.75) is 37.1 Å². The Balaban J connectivity index is 0.00000176. The van der Waals surface area contributed by atoms with Gasteiger partial charge in [-0.15, -0.1) is 12.4 Å². The van der Waals surface area contributed by atoms with Gasteiger partial charge >= 0.3 is 0 Å². The van der Waals surface area contributed by atoms with Gasteiger partial charge in [0.25, 0.3) is 0 Å². The Morgan fingerprint density at radius 3 is 2.59 bits per heavy atom. The molecule has 2 aliphatic heterocycles. The Morgan fingerprint density at radius 1 is 1.23 bits per heavy atom. The molecule has 2 heterocycles. The minimum Gasteiger partial charge on any atom is -0.381 e. The molecule has 0 saturated carbocycles. The third kappa shape index (κ3) is 3.62. The van der Waals surface area contributed by atoms with Crippen molar-refractivity contribution in [2.75, 3.05) is 26.3 Å². The summed E-state index contributed by atoms with van der Waals surface area (Å²) >= 11 is 0. The second-order valence-electron chi connectivity index (χ2n) is 6.08. The summed E-state index contributed by atoms with van der Waals surface area (Å²) in [6.07, 6.45) is 3.73. The molecule has 0 spiro atoms. The number of benzene rings is 1. The largest absolute Gasteiger partial charge is 0.381 e. The number of halogens is 1. The smallest absolute Gasteiger partial charge is 0.231 e. The third-order valence-electron chi connectivity index (χ3n) is 4.74. The molecule has 0 radical (unpaired) electrons. The van der Waals surface area contributed by atoms with Gasteiger partial charge in [-0.25, -0.2) is 0 Å². The fourth-order valence-corrected chi connectivity index (χ4v) is 3.42. The highest BCUT2D eigenvalue weighted by Gasteiger charge is 2.42. The molecule has 4 nitrogen and oxygen atoms in total. The van der Waals surface area contributed by atoms with E-state index in [2.05, 4.69) is 22.8 Å². The number of amides is 1. The number of piperidine rings is 1. The zero-order valence-corrected chi connectivity index (χ0v) is 13.7. The molecule has 0 aromatic heterocycles. The molecule has 1 aromatic rings. The monoisotopic (exact) mass is 324 g/mol. The van der Waals surface area contributed by atoms with Crippen molar-refractivity contribution in [1.82, 2.24) is 10.6 Å². The lowest BCUT2D eigenvalue weighted by molar-refractivity contribution is -0.131. The first-order chi connectivity index (χ1) is 10.3. The molecule has 2 N–H and O–H groups in total. The molecule has 0 aliphatic carbocycles. The standard InChI is InChI=1S/C17H24N2O2.ClH/c20-16(19-15-7-4-10-18-13-15)17(8-11-21-12-9-17)14-5-2-1-3-6-14;/h1-3,5-6,15,18H,4,7-13H2,(H,19,20);1H. The third-order valence-corrected chi connectivity index (χ3v) is 4.74. The Hall–Kier alpha value is -1.10. The van der Waals surface area contributed by atoms with Crippen LogP contribution in [-0.2, 0) is 14.9 Å². The molecule has 1 atom stereocenters. The summed E-state index contributed by atoms with van der Waals surface area (Å²) in [5, 5.41) is 6.63. The van der Waals surface area contributed by atoms with Crippen LogP contribution in [0.15, 0.2) is 30.3 Å². The van der Waals surface area contributed by atoms with E-state index < -0.39 is 5.41 Å². The van der Waals surface area contributed by atoms with Gasteiger partial charge in [0.1, 0.15) is 0 Å². The number of hydrogen-bond acceptors (Lipinski definition) is 3. The highest BCUT2D eigenvalue weighted by Crippen LogP contribution is 2.35. The Morgan fingerprint density at radius 2 is 1.95 bits per heavy atom. The molecule has 0 bridgehead atoms. The van der Waals surface area contributed by atoms with Crippen LogP contribution in [0.4, 0.5) is 0 Å². The Labute approximate surface area is 138 Å². The Kier molecular flexibility index (Phi) is 6.24. The highest BCUT2D eigenvalue weighted by atomic mass is 35.5. The van der Waals surface area contributed by atoms with Crippen molar-refractivity contribution in [1.29, 1.82) is 0 Å². The van der Waals surface area contributed by atoms with Crippen LogP contribution in [0.5, 0.6) is 0 Å². The summed E-state index contributed by atoms with van der Waals surface area (Å²) in [4.78, 5) is 13.0. The molecule has 22 heavy (non-hydrogen) atoms. The van der Waals surface area contributed by atoms with Crippen LogP contribution in [0.25, 0.3) is 0 Å². The lowest BCUT2D eigenvalue weighted by Crippen LogP contribution is -2.54. The SMILES string of the molecule is Cl.O=C(NC1CCCNC1)C1(c2ccccc2)CCOCC1. The molecule has 122 valence electrons. The van der Waals surface area contributed by atoms with E-state index in [0.29, 0.717) is 13.2 Å². The predicted octanol–water partition coefficient (Wildman–Crippen LogP) is 2.02. The van der Waals surface area contributed by atoms with E-state index in [9.17, 15) is 4.79 Å². The quantitative estimate of drug-likeness (QED) is 0.894. The number of ether oxygens (including phenoxy) is 1. The second kappa shape index (κ2) is 7.95. The van der Waals surface area contributed by atoms with Crippen molar-refractivity contribution in [3.63, 3.8) is 0 Å². The van der Waals surface area contributed by atoms with Gasteiger partial charge in [-0.1, -0.05) is 30.3 Å². The van der Waals surface area contributed by atoms with Crippen molar-refractivity contribution in [2.24, 2.45) is 0 Å². The van der Waals surface area contributed by atoms with E-state index >= 15 is 0 Å². The number of hydrogen-bond donors (Lipinski definition) is 2. The molecule has 2 saturated heterocycles. The summed E-state index contributed by atoms with van der Waals surface area (Å²) in [5.41, 5.74) is 0.700. The minimum absolute atomic E-state index is 0. The fourth-order valence-electron chi connectivity index (χ4n) is 3.42. The van der Waals surface area contributed by atoms with Gasteiger partial charge in [0.2, 0.25) is 5.91 Å². The maximum atomic E-state index is 13.0. The number of nitrogens with one attached hydrogen (secondary N) is 2. The number of carbonyl (C=O) groups excluding carboxylic acids is 1. The van der Waals surface area contributed by atoms with Crippen LogP contribution in [-0.4, -0.2) is 38.3 Å². The van der Waals surface area contributed by atoms with Gasteiger partial charge in [0.05, 0.1) is 5.41 Å². The van der Waals surface area contributed by atoms with Gasteiger partial charge < -0.3 is 15.4 Å². The van der Waals surface area contributed by atoms with Gasteiger partial charge in [0.15, 0.2) is 0 Å². The number of rotatable bonds is 3. The molecule has 1 amide bonds. The van der Waals surface area contributed by atoms with E-state index in [1.165, 1.54) is 0 Å². The Bertz CT molecular complexity index is 469. The second-order valence-corrected chi connectivity index (χ2v) is 6.08. The van der Waals surface area contributed by atoms with Crippen LogP contribution >= 0.6 is 12.4 Å². The summed E-state index contributed by atoms with van der Waals surface area (Å²) in [6, 6.07) is 10.4. The zero-order chi connectivity index (χ0) is 14.5. The minimum atomic E-state index is -0.420. The van der Waals surface area contributed by atoms with Crippen LogP contribution in [0.3, 0.4) is 0 Å². The van der Waals surface area contributed by atoms with Crippen molar-refractivity contribution in [3.05, 3.63) is 35.9 Å². The molecule has 2 aliphatic rings. The lowest BCUT2D eigenvalue weighted by atomic mass is 9.73. The predicted molar refractivity (Wildman–Crippen MR) is 89.5 cm³/mol. The van der Waals surface area contributed by atoms with Gasteiger partial charge in [-0.3, -0.25) is 4.79 Å². The van der Waals surface area contributed by atoms with E-state index in [0.717, 1.165) is 44.3 Å². The first-order valence-electron chi connectivity index (χ1n) is 7.96. The molecule has 1 unspecified atom stereocenters. The van der Waals surface area contributed by atoms with E-state index in [1.807, 2.05) is 18.2 Å². The van der Waals surface area contributed by atoms with Crippen LogP contribution in [0.2, 0.25) is 0 Å². The maximum absolute atomic E-state index is 13.0.